The molecule has 1 fully saturated rings. The van der Waals surface area contributed by atoms with Crippen LogP contribution in [0.4, 0.5) is 4.39 Å². The molecule has 4 heteroatoms. The summed E-state index contributed by atoms with van der Waals surface area (Å²) in [5, 5.41) is 6.94. The van der Waals surface area contributed by atoms with E-state index in [1.165, 1.54) is 6.07 Å². The predicted octanol–water partition coefficient (Wildman–Crippen LogP) is 3.85. The Morgan fingerprint density at radius 3 is 2.82 bits per heavy atom. The minimum Gasteiger partial charge on any atom is -0.282 e. The predicted molar refractivity (Wildman–Crippen MR) is 67.3 cm³/mol. The molecule has 0 bridgehead atoms. The number of hydrogen-bond acceptors (Lipinski definition) is 1. The Balaban J connectivity index is 2.06. The number of nitrogens with zero attached hydrogens (tertiary/aromatic N) is 1. The van der Waals surface area contributed by atoms with Crippen LogP contribution in [0.25, 0.3) is 0 Å². The number of aromatic nitrogens is 2. The van der Waals surface area contributed by atoms with Crippen LogP contribution in [0.3, 0.4) is 0 Å². The summed E-state index contributed by atoms with van der Waals surface area (Å²) < 4.78 is 14.9. The van der Waals surface area contributed by atoms with Crippen molar-refractivity contribution in [1.82, 2.24) is 10.2 Å². The van der Waals surface area contributed by atoms with Gasteiger partial charge in [0.1, 0.15) is 5.82 Å². The van der Waals surface area contributed by atoms with Gasteiger partial charge in [0, 0.05) is 22.3 Å². The number of halogens is 2. The largest absolute Gasteiger partial charge is 0.282 e. The van der Waals surface area contributed by atoms with Crippen LogP contribution in [0.1, 0.15) is 30.0 Å². The van der Waals surface area contributed by atoms with E-state index in [0.717, 1.165) is 28.6 Å². The zero-order chi connectivity index (χ0) is 11.8. The van der Waals surface area contributed by atoms with Gasteiger partial charge in [-0.1, -0.05) is 15.9 Å². The lowest BCUT2D eigenvalue weighted by atomic mass is 9.91. The van der Waals surface area contributed by atoms with E-state index in [4.69, 9.17) is 0 Å². The Bertz CT molecular complexity index is 520. The van der Waals surface area contributed by atoms with Gasteiger partial charge in [-0.05, 0) is 48.6 Å². The summed E-state index contributed by atoms with van der Waals surface area (Å²) in [6, 6.07) is 7.06. The summed E-state index contributed by atoms with van der Waals surface area (Å²) in [4.78, 5) is 0. The van der Waals surface area contributed by atoms with Crippen LogP contribution in [-0.2, 0) is 0 Å². The standard InChI is InChI=1S/C13H12BrFN2/c14-9-3-4-11(15)10(7-9)13(8-1-2-8)12-5-6-16-17-12/h3-8,13H,1-2H2,(H,16,17). The van der Waals surface area contributed by atoms with Gasteiger partial charge in [-0.15, -0.1) is 0 Å². The molecule has 2 aromatic rings. The van der Waals surface area contributed by atoms with Gasteiger partial charge in [-0.3, -0.25) is 5.10 Å². The van der Waals surface area contributed by atoms with E-state index in [2.05, 4.69) is 26.1 Å². The van der Waals surface area contributed by atoms with Crippen molar-refractivity contribution in [3.8, 4) is 0 Å². The Morgan fingerprint density at radius 2 is 2.18 bits per heavy atom. The normalized spacial score (nSPS) is 17.1. The van der Waals surface area contributed by atoms with Crippen LogP contribution in [0, 0.1) is 11.7 Å². The third kappa shape index (κ3) is 2.14. The third-order valence-corrected chi connectivity index (χ3v) is 3.74. The van der Waals surface area contributed by atoms with Gasteiger partial charge in [-0.2, -0.15) is 5.10 Å². The van der Waals surface area contributed by atoms with Crippen molar-refractivity contribution >= 4 is 15.9 Å². The molecule has 1 atom stereocenters. The first-order valence-corrected chi connectivity index (χ1v) is 6.49. The topological polar surface area (TPSA) is 28.7 Å². The quantitative estimate of drug-likeness (QED) is 0.915. The summed E-state index contributed by atoms with van der Waals surface area (Å²) in [7, 11) is 0. The Hall–Kier alpha value is -1.16. The van der Waals surface area contributed by atoms with Crippen LogP contribution in [0.15, 0.2) is 34.9 Å². The van der Waals surface area contributed by atoms with Gasteiger partial charge in [0.05, 0.1) is 0 Å². The molecule has 1 unspecified atom stereocenters. The number of benzene rings is 1. The maximum absolute atomic E-state index is 13.9. The molecule has 0 amide bonds. The molecular formula is C13H12BrFN2. The molecule has 1 aliphatic rings. The van der Waals surface area contributed by atoms with Crippen molar-refractivity contribution in [3.63, 3.8) is 0 Å². The molecule has 1 heterocycles. The molecule has 1 aromatic carbocycles. The van der Waals surface area contributed by atoms with E-state index in [9.17, 15) is 4.39 Å². The first kappa shape index (κ1) is 11.0. The van der Waals surface area contributed by atoms with E-state index in [1.807, 2.05) is 12.1 Å². The van der Waals surface area contributed by atoms with Crippen LogP contribution in [0.5, 0.6) is 0 Å². The highest BCUT2D eigenvalue weighted by atomic mass is 79.9. The monoisotopic (exact) mass is 294 g/mol. The zero-order valence-electron chi connectivity index (χ0n) is 9.16. The fraction of sp³-hybridized carbons (Fsp3) is 0.308. The molecule has 1 aromatic heterocycles. The molecule has 1 aliphatic carbocycles. The molecule has 17 heavy (non-hydrogen) atoms. The highest BCUT2D eigenvalue weighted by Crippen LogP contribution is 2.46. The molecule has 88 valence electrons. The van der Waals surface area contributed by atoms with Crippen LogP contribution in [0.2, 0.25) is 0 Å². The highest BCUT2D eigenvalue weighted by molar-refractivity contribution is 9.10. The van der Waals surface area contributed by atoms with E-state index in [0.29, 0.717) is 5.92 Å². The minimum atomic E-state index is -0.139. The van der Waals surface area contributed by atoms with Gasteiger partial charge in [0.15, 0.2) is 0 Å². The van der Waals surface area contributed by atoms with Crippen LogP contribution < -0.4 is 0 Å². The number of rotatable bonds is 3. The molecule has 0 spiro atoms. The number of hydrogen-bond donors (Lipinski definition) is 1. The summed E-state index contributed by atoms with van der Waals surface area (Å²) in [6.07, 6.45) is 4.05. The van der Waals surface area contributed by atoms with Gasteiger partial charge >= 0.3 is 0 Å². The van der Waals surface area contributed by atoms with Crippen molar-refractivity contribution in [2.24, 2.45) is 5.92 Å². The SMILES string of the molecule is Fc1ccc(Br)cc1C(c1ccn[nH]1)C1CC1. The van der Waals surface area contributed by atoms with Crippen molar-refractivity contribution in [2.45, 2.75) is 18.8 Å². The Labute approximate surface area is 107 Å². The Morgan fingerprint density at radius 1 is 1.35 bits per heavy atom. The maximum Gasteiger partial charge on any atom is 0.127 e. The fourth-order valence-corrected chi connectivity index (χ4v) is 2.68. The number of H-pyrrole nitrogens is 1. The fourth-order valence-electron chi connectivity index (χ4n) is 2.30. The molecule has 0 aliphatic heterocycles. The summed E-state index contributed by atoms with van der Waals surface area (Å²) in [5.74, 6) is 0.508. The number of nitrogens with one attached hydrogen (secondary N) is 1. The maximum atomic E-state index is 13.9. The Kier molecular flexibility index (Phi) is 2.74. The lowest BCUT2D eigenvalue weighted by Gasteiger charge is -2.16. The molecule has 1 saturated carbocycles. The van der Waals surface area contributed by atoms with Crippen molar-refractivity contribution in [1.29, 1.82) is 0 Å². The van der Waals surface area contributed by atoms with Crippen molar-refractivity contribution in [2.75, 3.05) is 0 Å². The number of aromatic amines is 1. The lowest BCUT2D eigenvalue weighted by Crippen LogP contribution is -2.06. The van der Waals surface area contributed by atoms with Crippen molar-refractivity contribution < 1.29 is 4.39 Å². The van der Waals surface area contributed by atoms with E-state index in [1.54, 1.807) is 12.3 Å². The smallest absolute Gasteiger partial charge is 0.127 e. The second kappa shape index (κ2) is 4.26. The van der Waals surface area contributed by atoms with Gasteiger partial charge < -0.3 is 0 Å². The summed E-state index contributed by atoms with van der Waals surface area (Å²) in [6.45, 7) is 0. The van der Waals surface area contributed by atoms with Crippen LogP contribution in [-0.4, -0.2) is 10.2 Å². The average molecular weight is 295 g/mol. The summed E-state index contributed by atoms with van der Waals surface area (Å²) >= 11 is 3.40. The van der Waals surface area contributed by atoms with Crippen LogP contribution >= 0.6 is 15.9 Å². The van der Waals surface area contributed by atoms with Gasteiger partial charge in [0.2, 0.25) is 0 Å². The van der Waals surface area contributed by atoms with E-state index in [-0.39, 0.29) is 11.7 Å². The third-order valence-electron chi connectivity index (χ3n) is 3.24. The minimum absolute atomic E-state index is 0.106. The van der Waals surface area contributed by atoms with E-state index >= 15 is 0 Å². The molecule has 2 nitrogen and oxygen atoms in total. The zero-order valence-corrected chi connectivity index (χ0v) is 10.7. The van der Waals surface area contributed by atoms with Gasteiger partial charge in [0.25, 0.3) is 0 Å². The lowest BCUT2D eigenvalue weighted by molar-refractivity contribution is 0.573. The average Bonchev–Trinajstić information content (AvgIpc) is 2.99. The van der Waals surface area contributed by atoms with E-state index < -0.39 is 0 Å². The van der Waals surface area contributed by atoms with Gasteiger partial charge in [-0.25, -0.2) is 4.39 Å². The molecular weight excluding hydrogens is 283 g/mol. The molecule has 0 saturated heterocycles. The molecule has 1 N–H and O–H groups in total. The summed E-state index contributed by atoms with van der Waals surface area (Å²) in [5.41, 5.74) is 1.76. The second-order valence-corrected chi connectivity index (χ2v) is 5.41. The first-order valence-electron chi connectivity index (χ1n) is 5.70. The molecule has 3 rings (SSSR count). The second-order valence-electron chi connectivity index (χ2n) is 4.49. The first-order chi connectivity index (χ1) is 8.25. The van der Waals surface area contributed by atoms with Crippen molar-refractivity contribution in [3.05, 3.63) is 52.0 Å². The highest BCUT2D eigenvalue weighted by Gasteiger charge is 2.35. The molecule has 0 radical (unpaired) electrons.